The molecule has 0 bridgehead atoms. The minimum atomic E-state index is -1.10. The van der Waals surface area contributed by atoms with Crippen molar-refractivity contribution in [3.63, 3.8) is 0 Å². The van der Waals surface area contributed by atoms with Gasteiger partial charge in [0.1, 0.15) is 5.69 Å². The number of amides is 1. The van der Waals surface area contributed by atoms with Crippen LogP contribution in [0.3, 0.4) is 0 Å². The predicted molar refractivity (Wildman–Crippen MR) is 77.9 cm³/mol. The maximum Gasteiger partial charge on any atom is 0.356 e. The van der Waals surface area contributed by atoms with Crippen LogP contribution in [0.1, 0.15) is 32.2 Å². The van der Waals surface area contributed by atoms with E-state index in [-0.39, 0.29) is 18.1 Å². The van der Waals surface area contributed by atoms with E-state index in [0.717, 1.165) is 11.1 Å². The fourth-order valence-electron chi connectivity index (χ4n) is 2.75. The molecule has 3 aromatic heterocycles. The molecule has 1 aliphatic heterocycles. The average Bonchev–Trinajstić information content (AvgIpc) is 3.19. The summed E-state index contributed by atoms with van der Waals surface area (Å²) >= 11 is 0. The molecule has 0 aromatic carbocycles. The highest BCUT2D eigenvalue weighted by molar-refractivity contribution is 5.95. The van der Waals surface area contributed by atoms with Crippen LogP contribution in [0.5, 0.6) is 0 Å². The second-order valence-corrected chi connectivity index (χ2v) is 5.32. The number of carbonyl (C=O) groups excluding carboxylic acids is 1. The number of carbonyl (C=O) groups is 2. The SMILES string of the molecule is O=C(O)c1n[nH]c2c1CN(C(=O)c1ccc3cn[nH]c3n1)CC2. The zero-order chi connectivity index (χ0) is 16.0. The highest BCUT2D eigenvalue weighted by Gasteiger charge is 2.28. The summed E-state index contributed by atoms with van der Waals surface area (Å²) in [5, 5.41) is 23.1. The monoisotopic (exact) mass is 312 g/mol. The first-order chi connectivity index (χ1) is 11.1. The Bertz CT molecular complexity index is 928. The van der Waals surface area contributed by atoms with Crippen LogP contribution >= 0.6 is 0 Å². The van der Waals surface area contributed by atoms with Gasteiger partial charge in [-0.1, -0.05) is 0 Å². The van der Waals surface area contributed by atoms with Gasteiger partial charge in [-0.25, -0.2) is 9.78 Å². The minimum Gasteiger partial charge on any atom is -0.476 e. The molecule has 1 aliphatic rings. The van der Waals surface area contributed by atoms with Gasteiger partial charge in [0.05, 0.1) is 12.7 Å². The van der Waals surface area contributed by atoms with Crippen molar-refractivity contribution in [1.82, 2.24) is 30.3 Å². The van der Waals surface area contributed by atoms with Gasteiger partial charge < -0.3 is 10.0 Å². The number of nitrogens with one attached hydrogen (secondary N) is 2. The van der Waals surface area contributed by atoms with E-state index in [4.69, 9.17) is 5.11 Å². The number of aromatic nitrogens is 5. The van der Waals surface area contributed by atoms with E-state index in [1.165, 1.54) is 0 Å². The summed E-state index contributed by atoms with van der Waals surface area (Å²) in [7, 11) is 0. The van der Waals surface area contributed by atoms with Crippen LogP contribution in [0.15, 0.2) is 18.3 Å². The molecule has 4 rings (SSSR count). The standard InChI is InChI=1S/C14H12N6O3/c21-13(10-2-1-7-5-15-19-12(7)16-10)20-4-3-9-8(6-20)11(14(22)23)18-17-9/h1-2,5H,3-4,6H2,(H,17,18)(H,22,23)(H,15,16,19). The van der Waals surface area contributed by atoms with E-state index < -0.39 is 5.97 Å². The number of H-pyrrole nitrogens is 2. The third kappa shape index (κ3) is 2.13. The Morgan fingerprint density at radius 1 is 1.26 bits per heavy atom. The van der Waals surface area contributed by atoms with Gasteiger partial charge in [-0.05, 0) is 12.1 Å². The van der Waals surface area contributed by atoms with Crippen LogP contribution in [-0.2, 0) is 13.0 Å². The maximum atomic E-state index is 12.6. The Hall–Kier alpha value is -3.23. The lowest BCUT2D eigenvalue weighted by molar-refractivity contribution is 0.0673. The lowest BCUT2D eigenvalue weighted by atomic mass is 10.0. The number of hydrogen-bond donors (Lipinski definition) is 3. The van der Waals surface area contributed by atoms with Crippen LogP contribution < -0.4 is 0 Å². The Labute approximate surface area is 129 Å². The Balaban J connectivity index is 1.64. The molecular weight excluding hydrogens is 300 g/mol. The molecule has 0 aliphatic carbocycles. The van der Waals surface area contributed by atoms with Crippen molar-refractivity contribution in [3.8, 4) is 0 Å². The fraction of sp³-hybridized carbons (Fsp3) is 0.214. The summed E-state index contributed by atoms with van der Waals surface area (Å²) in [6, 6.07) is 3.41. The van der Waals surface area contributed by atoms with Crippen LogP contribution in [0, 0.1) is 0 Å². The van der Waals surface area contributed by atoms with Crippen molar-refractivity contribution in [2.45, 2.75) is 13.0 Å². The number of aromatic amines is 2. The molecule has 0 spiro atoms. The number of pyridine rings is 1. The number of hydrogen-bond acceptors (Lipinski definition) is 5. The summed E-state index contributed by atoms with van der Waals surface area (Å²) in [6.45, 7) is 0.685. The quantitative estimate of drug-likeness (QED) is 0.635. The Morgan fingerprint density at radius 3 is 2.96 bits per heavy atom. The molecular formula is C14H12N6O3. The molecule has 0 unspecified atom stereocenters. The van der Waals surface area contributed by atoms with E-state index in [1.54, 1.807) is 23.2 Å². The van der Waals surface area contributed by atoms with Crippen molar-refractivity contribution in [3.05, 3.63) is 41.0 Å². The second kappa shape index (κ2) is 4.90. The molecule has 0 radical (unpaired) electrons. The molecule has 23 heavy (non-hydrogen) atoms. The van der Waals surface area contributed by atoms with E-state index in [1.807, 2.05) is 0 Å². The summed E-state index contributed by atoms with van der Waals surface area (Å²) in [5.74, 6) is -1.35. The van der Waals surface area contributed by atoms with Crippen LogP contribution in [-0.4, -0.2) is 53.8 Å². The molecule has 0 saturated carbocycles. The van der Waals surface area contributed by atoms with Crippen molar-refractivity contribution >= 4 is 22.9 Å². The van der Waals surface area contributed by atoms with Gasteiger partial charge in [0.15, 0.2) is 11.3 Å². The highest BCUT2D eigenvalue weighted by Crippen LogP contribution is 2.22. The van der Waals surface area contributed by atoms with Crippen molar-refractivity contribution in [2.75, 3.05) is 6.54 Å². The van der Waals surface area contributed by atoms with Crippen LogP contribution in [0.2, 0.25) is 0 Å². The molecule has 0 fully saturated rings. The summed E-state index contributed by atoms with van der Waals surface area (Å²) in [6.07, 6.45) is 2.17. The molecule has 3 N–H and O–H groups in total. The first kappa shape index (κ1) is 13.4. The van der Waals surface area contributed by atoms with Crippen molar-refractivity contribution < 1.29 is 14.7 Å². The molecule has 0 atom stereocenters. The lowest BCUT2D eigenvalue weighted by Crippen LogP contribution is -2.36. The van der Waals surface area contributed by atoms with Gasteiger partial charge in [0.25, 0.3) is 5.91 Å². The van der Waals surface area contributed by atoms with Gasteiger partial charge in [-0.3, -0.25) is 15.0 Å². The van der Waals surface area contributed by atoms with Crippen molar-refractivity contribution in [1.29, 1.82) is 0 Å². The molecule has 9 heteroatoms. The third-order valence-electron chi connectivity index (χ3n) is 3.94. The normalized spacial score (nSPS) is 14.0. The smallest absolute Gasteiger partial charge is 0.356 e. The van der Waals surface area contributed by atoms with Gasteiger partial charge in [0.2, 0.25) is 0 Å². The van der Waals surface area contributed by atoms with Crippen molar-refractivity contribution in [2.24, 2.45) is 0 Å². The minimum absolute atomic E-state index is 0.0329. The number of aromatic carboxylic acids is 1. The number of fused-ring (bicyclic) bond motifs is 2. The number of carboxylic acid groups (broad SMARTS) is 1. The summed E-state index contributed by atoms with van der Waals surface area (Å²) in [4.78, 5) is 29.7. The van der Waals surface area contributed by atoms with E-state index in [0.29, 0.717) is 29.9 Å². The number of carboxylic acids is 1. The summed E-state index contributed by atoms with van der Waals surface area (Å²) < 4.78 is 0. The zero-order valence-electron chi connectivity index (χ0n) is 11.9. The second-order valence-electron chi connectivity index (χ2n) is 5.32. The number of nitrogens with zero attached hydrogens (tertiary/aromatic N) is 4. The van der Waals surface area contributed by atoms with Crippen LogP contribution in [0.25, 0.3) is 11.0 Å². The van der Waals surface area contributed by atoms with Crippen LogP contribution in [0.4, 0.5) is 0 Å². The summed E-state index contributed by atoms with van der Waals surface area (Å²) in [5.41, 5.74) is 2.13. The fourth-order valence-corrected chi connectivity index (χ4v) is 2.75. The topological polar surface area (TPSA) is 128 Å². The Kier molecular flexibility index (Phi) is 2.86. The first-order valence-electron chi connectivity index (χ1n) is 7.02. The number of rotatable bonds is 2. The maximum absolute atomic E-state index is 12.6. The van der Waals surface area contributed by atoms with E-state index in [9.17, 15) is 9.59 Å². The van der Waals surface area contributed by atoms with Gasteiger partial charge >= 0.3 is 5.97 Å². The molecule has 9 nitrogen and oxygen atoms in total. The van der Waals surface area contributed by atoms with Gasteiger partial charge in [0, 0.05) is 29.6 Å². The molecule has 4 heterocycles. The highest BCUT2D eigenvalue weighted by atomic mass is 16.4. The largest absolute Gasteiger partial charge is 0.476 e. The van der Waals surface area contributed by atoms with Gasteiger partial charge in [-0.2, -0.15) is 10.2 Å². The predicted octanol–water partition coefficient (Wildman–Crippen LogP) is 0.578. The average molecular weight is 312 g/mol. The third-order valence-corrected chi connectivity index (χ3v) is 3.94. The lowest BCUT2D eigenvalue weighted by Gasteiger charge is -2.26. The zero-order valence-corrected chi connectivity index (χ0v) is 11.9. The molecule has 116 valence electrons. The molecule has 0 saturated heterocycles. The van der Waals surface area contributed by atoms with E-state index in [2.05, 4.69) is 25.4 Å². The first-order valence-corrected chi connectivity index (χ1v) is 7.02. The van der Waals surface area contributed by atoms with Gasteiger partial charge in [-0.15, -0.1) is 0 Å². The van der Waals surface area contributed by atoms with E-state index >= 15 is 0 Å². The Morgan fingerprint density at radius 2 is 2.13 bits per heavy atom. The molecule has 1 amide bonds. The molecule has 3 aromatic rings.